The number of phenolic OH excluding ortho intramolecular Hbond substituents is 1. The van der Waals surface area contributed by atoms with Gasteiger partial charge in [-0.2, -0.15) is 0 Å². The van der Waals surface area contributed by atoms with Crippen LogP contribution in [-0.4, -0.2) is 35.4 Å². The number of benzene rings is 1. The van der Waals surface area contributed by atoms with Gasteiger partial charge in [0.05, 0.1) is 5.71 Å². The van der Waals surface area contributed by atoms with Crippen molar-refractivity contribution in [3.8, 4) is 5.75 Å². The standard InChI is InChI=1S/C21H25N3O/c1-3-24(4-2)19-10-9-16(20(25)14-19)13-17-7-6-12-23-21(17)18-8-5-11-22-15-18/h5,8-11,13-15,25H,3-4,6-7,12H2,1-2H3/b17-13+. The third-order valence-electron chi connectivity index (χ3n) is 4.59. The average Bonchev–Trinajstić information content (AvgIpc) is 2.66. The number of anilines is 1. The summed E-state index contributed by atoms with van der Waals surface area (Å²) in [5.74, 6) is 0.313. The van der Waals surface area contributed by atoms with Gasteiger partial charge in [-0.25, -0.2) is 0 Å². The molecule has 0 saturated carbocycles. The van der Waals surface area contributed by atoms with Crippen LogP contribution in [0, 0.1) is 0 Å². The van der Waals surface area contributed by atoms with E-state index < -0.39 is 0 Å². The number of nitrogens with zero attached hydrogens (tertiary/aromatic N) is 3. The predicted octanol–water partition coefficient (Wildman–Crippen LogP) is 4.30. The van der Waals surface area contributed by atoms with Crippen molar-refractivity contribution in [1.82, 2.24) is 4.98 Å². The molecule has 0 aliphatic carbocycles. The van der Waals surface area contributed by atoms with Gasteiger partial charge in [0.1, 0.15) is 5.75 Å². The molecule has 4 nitrogen and oxygen atoms in total. The topological polar surface area (TPSA) is 48.7 Å². The van der Waals surface area contributed by atoms with E-state index in [-0.39, 0.29) is 0 Å². The summed E-state index contributed by atoms with van der Waals surface area (Å²) in [5, 5.41) is 10.5. The first kappa shape index (κ1) is 17.2. The number of hydrogen-bond acceptors (Lipinski definition) is 4. The normalized spacial score (nSPS) is 15.9. The zero-order valence-corrected chi connectivity index (χ0v) is 14.9. The largest absolute Gasteiger partial charge is 0.507 e. The van der Waals surface area contributed by atoms with E-state index in [2.05, 4.69) is 35.9 Å². The van der Waals surface area contributed by atoms with Crippen molar-refractivity contribution >= 4 is 17.5 Å². The Bertz CT molecular complexity index is 777. The van der Waals surface area contributed by atoms with Gasteiger partial charge in [-0.05, 0) is 62.6 Å². The molecule has 0 fully saturated rings. The number of aromatic nitrogens is 1. The summed E-state index contributed by atoms with van der Waals surface area (Å²) in [6, 6.07) is 9.88. The molecule has 130 valence electrons. The Kier molecular flexibility index (Phi) is 5.49. The lowest BCUT2D eigenvalue weighted by molar-refractivity contribution is 0.474. The molecule has 4 heteroatoms. The minimum Gasteiger partial charge on any atom is -0.507 e. The summed E-state index contributed by atoms with van der Waals surface area (Å²) >= 11 is 0. The number of allylic oxidation sites excluding steroid dienone is 1. The van der Waals surface area contributed by atoms with E-state index in [1.54, 1.807) is 6.20 Å². The molecule has 1 aliphatic rings. The number of aliphatic imine (C=N–C) groups is 1. The van der Waals surface area contributed by atoms with Crippen LogP contribution in [0.1, 0.15) is 37.8 Å². The van der Waals surface area contributed by atoms with Gasteiger partial charge in [0.15, 0.2) is 0 Å². The van der Waals surface area contributed by atoms with Gasteiger partial charge in [0.25, 0.3) is 0 Å². The van der Waals surface area contributed by atoms with Crippen LogP contribution in [0.2, 0.25) is 0 Å². The fourth-order valence-corrected chi connectivity index (χ4v) is 3.23. The molecule has 1 aromatic carbocycles. The van der Waals surface area contributed by atoms with E-state index in [4.69, 9.17) is 4.99 Å². The molecule has 0 saturated heterocycles. The Morgan fingerprint density at radius 2 is 2.04 bits per heavy atom. The maximum absolute atomic E-state index is 10.5. The zero-order valence-electron chi connectivity index (χ0n) is 14.9. The Morgan fingerprint density at radius 1 is 1.20 bits per heavy atom. The Labute approximate surface area is 149 Å². The van der Waals surface area contributed by atoms with Crippen LogP contribution in [0.5, 0.6) is 5.75 Å². The van der Waals surface area contributed by atoms with Crippen molar-refractivity contribution in [3.05, 3.63) is 59.4 Å². The minimum atomic E-state index is 0.313. The summed E-state index contributed by atoms with van der Waals surface area (Å²) in [7, 11) is 0. The quantitative estimate of drug-likeness (QED) is 0.886. The van der Waals surface area contributed by atoms with Gasteiger partial charge in [0, 0.05) is 54.9 Å². The van der Waals surface area contributed by atoms with Crippen LogP contribution in [0.3, 0.4) is 0 Å². The third-order valence-corrected chi connectivity index (χ3v) is 4.59. The van der Waals surface area contributed by atoms with Crippen LogP contribution in [0.4, 0.5) is 5.69 Å². The van der Waals surface area contributed by atoms with Crippen molar-refractivity contribution in [1.29, 1.82) is 0 Å². The van der Waals surface area contributed by atoms with Crippen molar-refractivity contribution in [2.75, 3.05) is 24.5 Å². The number of pyridine rings is 1. The highest BCUT2D eigenvalue weighted by molar-refractivity contribution is 6.15. The van der Waals surface area contributed by atoms with Crippen LogP contribution in [0.15, 0.2) is 53.3 Å². The summed E-state index contributed by atoms with van der Waals surface area (Å²) < 4.78 is 0. The number of hydrogen-bond donors (Lipinski definition) is 1. The Morgan fingerprint density at radius 3 is 2.72 bits per heavy atom. The second kappa shape index (κ2) is 7.97. The van der Waals surface area contributed by atoms with Crippen LogP contribution in [-0.2, 0) is 0 Å². The summed E-state index contributed by atoms with van der Waals surface area (Å²) in [4.78, 5) is 11.1. The first-order valence-electron chi connectivity index (χ1n) is 8.96. The first-order valence-corrected chi connectivity index (χ1v) is 8.96. The van der Waals surface area contributed by atoms with Gasteiger partial charge in [0.2, 0.25) is 0 Å². The molecule has 0 atom stereocenters. The molecule has 0 radical (unpaired) electrons. The van der Waals surface area contributed by atoms with E-state index in [9.17, 15) is 5.11 Å². The highest BCUT2D eigenvalue weighted by atomic mass is 16.3. The van der Waals surface area contributed by atoms with E-state index >= 15 is 0 Å². The molecule has 1 aromatic heterocycles. The lowest BCUT2D eigenvalue weighted by atomic mass is 9.94. The molecule has 0 bridgehead atoms. The van der Waals surface area contributed by atoms with Crippen molar-refractivity contribution in [3.63, 3.8) is 0 Å². The maximum atomic E-state index is 10.5. The summed E-state index contributed by atoms with van der Waals surface area (Å²) in [5.41, 5.74) is 5.07. The minimum absolute atomic E-state index is 0.313. The van der Waals surface area contributed by atoms with E-state index in [0.29, 0.717) is 5.75 Å². The van der Waals surface area contributed by atoms with Crippen molar-refractivity contribution in [2.24, 2.45) is 4.99 Å². The Balaban J connectivity index is 1.93. The number of rotatable bonds is 5. The average molecular weight is 335 g/mol. The molecule has 1 N–H and O–H groups in total. The fraction of sp³-hybridized carbons (Fsp3) is 0.333. The van der Waals surface area contributed by atoms with Gasteiger partial charge >= 0.3 is 0 Å². The molecule has 2 heterocycles. The highest BCUT2D eigenvalue weighted by Crippen LogP contribution is 2.29. The van der Waals surface area contributed by atoms with Crippen LogP contribution < -0.4 is 4.90 Å². The molecule has 0 spiro atoms. The second-order valence-corrected chi connectivity index (χ2v) is 6.16. The lowest BCUT2D eigenvalue weighted by Gasteiger charge is -2.21. The van der Waals surface area contributed by atoms with Gasteiger partial charge in [-0.3, -0.25) is 9.98 Å². The molecular formula is C21H25N3O. The molecule has 25 heavy (non-hydrogen) atoms. The van der Waals surface area contributed by atoms with Crippen molar-refractivity contribution in [2.45, 2.75) is 26.7 Å². The van der Waals surface area contributed by atoms with E-state index in [1.165, 1.54) is 0 Å². The highest BCUT2D eigenvalue weighted by Gasteiger charge is 2.15. The van der Waals surface area contributed by atoms with Gasteiger partial charge in [-0.1, -0.05) is 0 Å². The predicted molar refractivity (Wildman–Crippen MR) is 105 cm³/mol. The molecule has 1 aliphatic heterocycles. The first-order chi connectivity index (χ1) is 12.2. The number of phenols is 1. The van der Waals surface area contributed by atoms with E-state index in [0.717, 1.165) is 60.6 Å². The van der Waals surface area contributed by atoms with E-state index in [1.807, 2.05) is 30.5 Å². The van der Waals surface area contributed by atoms with Crippen LogP contribution >= 0.6 is 0 Å². The Hall–Kier alpha value is -2.62. The van der Waals surface area contributed by atoms with Gasteiger partial charge in [-0.15, -0.1) is 0 Å². The second-order valence-electron chi connectivity index (χ2n) is 6.16. The smallest absolute Gasteiger partial charge is 0.124 e. The maximum Gasteiger partial charge on any atom is 0.124 e. The van der Waals surface area contributed by atoms with Crippen molar-refractivity contribution < 1.29 is 5.11 Å². The molecule has 2 aromatic rings. The third kappa shape index (κ3) is 3.90. The fourth-order valence-electron chi connectivity index (χ4n) is 3.23. The molecule has 0 unspecified atom stereocenters. The van der Waals surface area contributed by atoms with Crippen LogP contribution in [0.25, 0.3) is 6.08 Å². The summed E-state index contributed by atoms with van der Waals surface area (Å²) in [6.07, 6.45) is 7.68. The molecule has 0 amide bonds. The molecular weight excluding hydrogens is 310 g/mol. The monoisotopic (exact) mass is 335 g/mol. The summed E-state index contributed by atoms with van der Waals surface area (Å²) in [6.45, 7) is 6.93. The number of aromatic hydroxyl groups is 1. The molecule has 3 rings (SSSR count). The lowest BCUT2D eigenvalue weighted by Crippen LogP contribution is -2.21. The van der Waals surface area contributed by atoms with Gasteiger partial charge < -0.3 is 10.0 Å². The zero-order chi connectivity index (χ0) is 17.6. The SMILES string of the molecule is CCN(CC)c1ccc(/C=C2\CCCN=C2c2cccnc2)c(O)c1.